The van der Waals surface area contributed by atoms with Crippen molar-refractivity contribution >= 4 is 33.2 Å². The van der Waals surface area contributed by atoms with Crippen molar-refractivity contribution in [1.29, 1.82) is 0 Å². The second-order valence-electron chi connectivity index (χ2n) is 3.46. The molecule has 3 nitrogen and oxygen atoms in total. The van der Waals surface area contributed by atoms with Crippen LogP contribution >= 0.6 is 15.9 Å². The van der Waals surface area contributed by atoms with Gasteiger partial charge in [-0.05, 0) is 40.0 Å². The van der Waals surface area contributed by atoms with Gasteiger partial charge in [-0.3, -0.25) is 4.79 Å². The van der Waals surface area contributed by atoms with Crippen LogP contribution in [-0.2, 0) is 11.2 Å². The van der Waals surface area contributed by atoms with Crippen molar-refractivity contribution in [3.05, 3.63) is 22.2 Å². The van der Waals surface area contributed by atoms with Gasteiger partial charge in [-0.1, -0.05) is 0 Å². The minimum atomic E-state index is 0.156. The average Bonchev–Trinajstić information content (AvgIpc) is 2.10. The fraction of sp³-hybridized carbons (Fsp3) is 0.300. The summed E-state index contributed by atoms with van der Waals surface area (Å²) in [5, 5.41) is 0. The monoisotopic (exact) mass is 254 g/mol. The van der Waals surface area contributed by atoms with Gasteiger partial charge >= 0.3 is 0 Å². The van der Waals surface area contributed by atoms with E-state index >= 15 is 0 Å². The number of halogens is 1. The summed E-state index contributed by atoms with van der Waals surface area (Å²) in [4.78, 5) is 13.2. The minimum absolute atomic E-state index is 0.156. The summed E-state index contributed by atoms with van der Waals surface area (Å²) < 4.78 is 0.892. The van der Waals surface area contributed by atoms with Crippen molar-refractivity contribution in [2.45, 2.75) is 12.8 Å². The Morgan fingerprint density at radius 3 is 2.86 bits per heavy atom. The van der Waals surface area contributed by atoms with E-state index in [0.717, 1.165) is 27.8 Å². The Kier molecular flexibility index (Phi) is 2.23. The molecule has 0 atom stereocenters. The highest BCUT2D eigenvalue weighted by molar-refractivity contribution is 9.10. The highest BCUT2D eigenvalue weighted by Crippen LogP contribution is 2.35. The lowest BCUT2D eigenvalue weighted by Gasteiger charge is -2.27. The summed E-state index contributed by atoms with van der Waals surface area (Å²) >= 11 is 3.43. The van der Waals surface area contributed by atoms with Gasteiger partial charge in [0, 0.05) is 23.6 Å². The fourth-order valence-electron chi connectivity index (χ4n) is 1.78. The molecule has 4 heteroatoms. The van der Waals surface area contributed by atoms with Crippen LogP contribution < -0.4 is 10.6 Å². The lowest BCUT2D eigenvalue weighted by molar-refractivity contribution is -0.118. The Bertz CT molecular complexity index is 403. The normalized spacial score (nSPS) is 15.6. The molecule has 0 saturated carbocycles. The van der Waals surface area contributed by atoms with E-state index in [1.807, 2.05) is 12.1 Å². The van der Waals surface area contributed by atoms with Gasteiger partial charge < -0.3 is 10.6 Å². The molecule has 0 fully saturated rings. The van der Waals surface area contributed by atoms with Crippen molar-refractivity contribution in [2.24, 2.45) is 0 Å². The van der Waals surface area contributed by atoms with Gasteiger partial charge in [-0.2, -0.15) is 0 Å². The molecule has 14 heavy (non-hydrogen) atoms. The number of benzene rings is 1. The topological polar surface area (TPSA) is 46.3 Å². The van der Waals surface area contributed by atoms with Crippen molar-refractivity contribution in [3.63, 3.8) is 0 Å². The molecule has 0 radical (unpaired) electrons. The third-order valence-electron chi connectivity index (χ3n) is 2.48. The number of nitrogens with two attached hydrogens (primary N) is 1. The van der Waals surface area contributed by atoms with Gasteiger partial charge in [0.25, 0.3) is 0 Å². The maximum Gasteiger partial charge on any atom is 0.227 e. The lowest BCUT2D eigenvalue weighted by Crippen LogP contribution is -2.31. The molecule has 1 amide bonds. The van der Waals surface area contributed by atoms with E-state index in [1.54, 1.807) is 11.9 Å². The van der Waals surface area contributed by atoms with Gasteiger partial charge in [-0.15, -0.1) is 0 Å². The number of hydrogen-bond donors (Lipinski definition) is 1. The van der Waals surface area contributed by atoms with Crippen molar-refractivity contribution < 1.29 is 4.79 Å². The number of aryl methyl sites for hydroxylation is 1. The number of carbonyl (C=O) groups excluding carboxylic acids is 1. The lowest BCUT2D eigenvalue weighted by atomic mass is 10.0. The van der Waals surface area contributed by atoms with E-state index in [2.05, 4.69) is 15.9 Å². The first-order valence-electron chi connectivity index (χ1n) is 4.44. The molecule has 0 aromatic heterocycles. The van der Waals surface area contributed by atoms with E-state index < -0.39 is 0 Å². The molecule has 2 rings (SSSR count). The minimum Gasteiger partial charge on any atom is -0.399 e. The van der Waals surface area contributed by atoms with Crippen LogP contribution in [-0.4, -0.2) is 13.0 Å². The van der Waals surface area contributed by atoms with Crippen molar-refractivity contribution in [2.75, 3.05) is 17.7 Å². The molecule has 1 aromatic carbocycles. The number of carbonyl (C=O) groups is 1. The number of fused-ring (bicyclic) bond motifs is 1. The summed E-state index contributed by atoms with van der Waals surface area (Å²) in [5.41, 5.74) is 8.56. The summed E-state index contributed by atoms with van der Waals surface area (Å²) in [6.07, 6.45) is 1.35. The zero-order valence-electron chi connectivity index (χ0n) is 7.88. The predicted molar refractivity (Wildman–Crippen MR) is 60.3 cm³/mol. The summed E-state index contributed by atoms with van der Waals surface area (Å²) in [6, 6.07) is 3.76. The molecule has 1 heterocycles. The van der Waals surface area contributed by atoms with Gasteiger partial charge in [0.15, 0.2) is 0 Å². The molecular weight excluding hydrogens is 244 g/mol. The molecule has 0 spiro atoms. The molecule has 1 aliphatic heterocycles. The highest BCUT2D eigenvalue weighted by atomic mass is 79.9. The standard InChI is InChI=1S/C10H11BrN2O/c1-13-9(14)3-2-6-4-7(12)5-8(11)10(6)13/h4-5H,2-3,12H2,1H3. The van der Waals surface area contributed by atoms with Crippen LogP contribution in [0.3, 0.4) is 0 Å². The molecule has 1 aliphatic rings. The third kappa shape index (κ3) is 1.39. The number of hydrogen-bond acceptors (Lipinski definition) is 2. The SMILES string of the molecule is CN1C(=O)CCc2cc(N)cc(Br)c21. The van der Waals surface area contributed by atoms with Crippen LogP contribution in [0, 0.1) is 0 Å². The Hall–Kier alpha value is -1.03. The third-order valence-corrected chi connectivity index (χ3v) is 3.09. The fourth-order valence-corrected chi connectivity index (χ4v) is 2.56. The van der Waals surface area contributed by atoms with Crippen molar-refractivity contribution in [3.8, 4) is 0 Å². The first-order valence-corrected chi connectivity index (χ1v) is 5.23. The number of anilines is 2. The van der Waals surface area contributed by atoms with E-state index in [4.69, 9.17) is 5.73 Å². The first-order chi connectivity index (χ1) is 6.59. The average molecular weight is 255 g/mol. The van der Waals surface area contributed by atoms with E-state index in [-0.39, 0.29) is 5.91 Å². The molecule has 0 saturated heterocycles. The van der Waals surface area contributed by atoms with Crippen LogP contribution in [0.15, 0.2) is 16.6 Å². The van der Waals surface area contributed by atoms with E-state index in [0.29, 0.717) is 6.42 Å². The van der Waals surface area contributed by atoms with Gasteiger partial charge in [0.05, 0.1) is 5.69 Å². The number of nitrogen functional groups attached to an aromatic ring is 1. The molecule has 0 unspecified atom stereocenters. The summed E-state index contributed by atoms with van der Waals surface area (Å²) in [6.45, 7) is 0. The zero-order chi connectivity index (χ0) is 10.3. The predicted octanol–water partition coefficient (Wildman–Crippen LogP) is 1.94. The quantitative estimate of drug-likeness (QED) is 0.720. The Balaban J connectivity index is 2.60. The van der Waals surface area contributed by atoms with Crippen LogP contribution in [0.4, 0.5) is 11.4 Å². The Morgan fingerprint density at radius 1 is 1.43 bits per heavy atom. The molecule has 74 valence electrons. The zero-order valence-corrected chi connectivity index (χ0v) is 9.47. The van der Waals surface area contributed by atoms with Crippen LogP contribution in [0.5, 0.6) is 0 Å². The first kappa shape index (κ1) is 9.52. The van der Waals surface area contributed by atoms with Gasteiger partial charge in [0.1, 0.15) is 0 Å². The highest BCUT2D eigenvalue weighted by Gasteiger charge is 2.23. The van der Waals surface area contributed by atoms with Crippen LogP contribution in [0.2, 0.25) is 0 Å². The van der Waals surface area contributed by atoms with Gasteiger partial charge in [0.2, 0.25) is 5.91 Å². The molecule has 0 aliphatic carbocycles. The number of rotatable bonds is 0. The molecule has 1 aromatic rings. The van der Waals surface area contributed by atoms with Crippen molar-refractivity contribution in [1.82, 2.24) is 0 Å². The van der Waals surface area contributed by atoms with E-state index in [1.165, 1.54) is 0 Å². The second-order valence-corrected chi connectivity index (χ2v) is 4.32. The smallest absolute Gasteiger partial charge is 0.227 e. The Morgan fingerprint density at radius 2 is 2.14 bits per heavy atom. The largest absolute Gasteiger partial charge is 0.399 e. The van der Waals surface area contributed by atoms with Crippen LogP contribution in [0.1, 0.15) is 12.0 Å². The molecular formula is C10H11BrN2O. The van der Waals surface area contributed by atoms with Gasteiger partial charge in [-0.25, -0.2) is 0 Å². The van der Waals surface area contributed by atoms with E-state index in [9.17, 15) is 4.79 Å². The maximum absolute atomic E-state index is 11.5. The second kappa shape index (κ2) is 3.28. The number of nitrogens with zero attached hydrogens (tertiary/aromatic N) is 1. The Labute approximate surface area is 91.0 Å². The summed E-state index contributed by atoms with van der Waals surface area (Å²) in [7, 11) is 1.79. The number of amides is 1. The maximum atomic E-state index is 11.5. The van der Waals surface area contributed by atoms with Crippen LogP contribution in [0.25, 0.3) is 0 Å². The molecule has 0 bridgehead atoms. The molecule has 2 N–H and O–H groups in total. The summed E-state index contributed by atoms with van der Waals surface area (Å²) in [5.74, 6) is 0.156.